The minimum atomic E-state index is 0.200. The second kappa shape index (κ2) is 6.03. The van der Waals surface area contributed by atoms with Crippen molar-refractivity contribution < 1.29 is 4.74 Å². The van der Waals surface area contributed by atoms with E-state index in [4.69, 9.17) is 4.74 Å². The zero-order chi connectivity index (χ0) is 13.0. The molecule has 0 radical (unpaired) electrons. The van der Waals surface area contributed by atoms with Crippen molar-refractivity contribution in [2.24, 2.45) is 0 Å². The van der Waals surface area contributed by atoms with Gasteiger partial charge in [0.05, 0.1) is 12.6 Å². The Morgan fingerprint density at radius 3 is 2.61 bits per heavy atom. The minimum Gasteiger partial charge on any atom is -0.494 e. The zero-order valence-electron chi connectivity index (χ0n) is 11.1. The number of aryl methyl sites for hydroxylation is 1. The van der Waals surface area contributed by atoms with Crippen LogP contribution in [-0.4, -0.2) is 13.7 Å². The molecule has 96 valence electrons. The normalized spacial score (nSPS) is 12.4. The van der Waals surface area contributed by atoms with E-state index in [1.165, 1.54) is 15.3 Å². The van der Waals surface area contributed by atoms with Gasteiger partial charge in [-0.1, -0.05) is 18.2 Å². The second-order valence-corrected chi connectivity index (χ2v) is 5.46. The molecule has 1 atom stereocenters. The molecule has 18 heavy (non-hydrogen) atoms. The third-order valence-electron chi connectivity index (χ3n) is 2.86. The lowest BCUT2D eigenvalue weighted by atomic mass is 10.0. The molecule has 0 aliphatic carbocycles. The summed E-state index contributed by atoms with van der Waals surface area (Å²) in [5.74, 6) is 0.963. The first-order valence-electron chi connectivity index (χ1n) is 6.21. The standard InChI is InChI=1S/C15H19NOS/c1-4-17-13-8-6-5-7-12(13)15(16-3)14-10-9-11(2)18-14/h5-10,15-16H,4H2,1-3H3. The maximum atomic E-state index is 5.71. The van der Waals surface area contributed by atoms with Gasteiger partial charge in [-0.3, -0.25) is 0 Å². The molecule has 3 heteroatoms. The van der Waals surface area contributed by atoms with Gasteiger partial charge in [0.15, 0.2) is 0 Å². The molecule has 1 heterocycles. The lowest BCUT2D eigenvalue weighted by Crippen LogP contribution is -2.17. The molecule has 0 saturated carbocycles. The SMILES string of the molecule is CCOc1ccccc1C(NC)c1ccc(C)s1. The highest BCUT2D eigenvalue weighted by Gasteiger charge is 2.17. The van der Waals surface area contributed by atoms with Gasteiger partial charge in [0.25, 0.3) is 0 Å². The highest BCUT2D eigenvalue weighted by atomic mass is 32.1. The molecule has 0 aliphatic rings. The number of ether oxygens (including phenoxy) is 1. The third-order valence-corrected chi connectivity index (χ3v) is 3.93. The van der Waals surface area contributed by atoms with Crippen LogP contribution in [0.25, 0.3) is 0 Å². The van der Waals surface area contributed by atoms with Crippen LogP contribution in [0, 0.1) is 6.92 Å². The Bertz CT molecular complexity index is 507. The van der Waals surface area contributed by atoms with Crippen molar-refractivity contribution in [1.29, 1.82) is 0 Å². The summed E-state index contributed by atoms with van der Waals surface area (Å²) in [6.07, 6.45) is 0. The Balaban J connectivity index is 2.38. The van der Waals surface area contributed by atoms with Gasteiger partial charge in [-0.2, -0.15) is 0 Å². The van der Waals surface area contributed by atoms with Crippen LogP contribution in [0.4, 0.5) is 0 Å². The molecule has 1 aromatic heterocycles. The van der Waals surface area contributed by atoms with Crippen LogP contribution in [0.3, 0.4) is 0 Å². The maximum Gasteiger partial charge on any atom is 0.124 e. The first kappa shape index (κ1) is 13.1. The number of para-hydroxylation sites is 1. The van der Waals surface area contributed by atoms with Crippen LogP contribution in [0.1, 0.15) is 28.3 Å². The molecule has 0 spiro atoms. The number of hydrogen-bond donors (Lipinski definition) is 1. The van der Waals surface area contributed by atoms with E-state index in [0.29, 0.717) is 6.61 Å². The predicted octanol–water partition coefficient (Wildman–Crippen LogP) is 3.76. The summed E-state index contributed by atoms with van der Waals surface area (Å²) in [5.41, 5.74) is 1.20. The van der Waals surface area contributed by atoms with Gasteiger partial charge in [0.1, 0.15) is 5.75 Å². The smallest absolute Gasteiger partial charge is 0.124 e. The van der Waals surface area contributed by atoms with Crippen LogP contribution < -0.4 is 10.1 Å². The molecule has 2 nitrogen and oxygen atoms in total. The lowest BCUT2D eigenvalue weighted by molar-refractivity contribution is 0.334. The monoisotopic (exact) mass is 261 g/mol. The van der Waals surface area contributed by atoms with Gasteiger partial charge in [0.2, 0.25) is 0 Å². The van der Waals surface area contributed by atoms with Crippen LogP contribution in [-0.2, 0) is 0 Å². The Hall–Kier alpha value is -1.32. The first-order chi connectivity index (χ1) is 8.76. The van der Waals surface area contributed by atoms with E-state index in [1.54, 1.807) is 0 Å². The number of thiophene rings is 1. The largest absolute Gasteiger partial charge is 0.494 e. The average molecular weight is 261 g/mol. The summed E-state index contributed by atoms with van der Waals surface area (Å²) >= 11 is 1.82. The third kappa shape index (κ3) is 2.74. The molecule has 2 rings (SSSR count). The molecule has 2 aromatic rings. The fourth-order valence-corrected chi connectivity index (χ4v) is 3.07. The molecule has 1 aromatic carbocycles. The number of benzene rings is 1. The van der Waals surface area contributed by atoms with E-state index >= 15 is 0 Å². The van der Waals surface area contributed by atoms with Gasteiger partial charge >= 0.3 is 0 Å². The molecule has 1 N–H and O–H groups in total. The van der Waals surface area contributed by atoms with Gasteiger partial charge in [-0.15, -0.1) is 11.3 Å². The van der Waals surface area contributed by atoms with Crippen LogP contribution >= 0.6 is 11.3 Å². The number of hydrogen-bond acceptors (Lipinski definition) is 3. The second-order valence-electron chi connectivity index (χ2n) is 4.14. The van der Waals surface area contributed by atoms with Crippen LogP contribution in [0.15, 0.2) is 36.4 Å². The summed E-state index contributed by atoms with van der Waals surface area (Å²) < 4.78 is 5.71. The Morgan fingerprint density at radius 1 is 1.22 bits per heavy atom. The lowest BCUT2D eigenvalue weighted by Gasteiger charge is -2.18. The Labute approximate surface area is 113 Å². The molecule has 0 amide bonds. The Morgan fingerprint density at radius 2 is 2.00 bits per heavy atom. The summed E-state index contributed by atoms with van der Waals surface area (Å²) in [7, 11) is 1.99. The topological polar surface area (TPSA) is 21.3 Å². The predicted molar refractivity (Wildman–Crippen MR) is 77.6 cm³/mol. The van der Waals surface area contributed by atoms with Crippen molar-refractivity contribution in [3.63, 3.8) is 0 Å². The van der Waals surface area contributed by atoms with E-state index in [9.17, 15) is 0 Å². The molecule has 0 aliphatic heterocycles. The van der Waals surface area contributed by atoms with E-state index in [-0.39, 0.29) is 6.04 Å². The fraction of sp³-hybridized carbons (Fsp3) is 0.333. The van der Waals surface area contributed by atoms with Crippen molar-refractivity contribution in [1.82, 2.24) is 5.32 Å². The van der Waals surface area contributed by atoms with E-state index in [0.717, 1.165) is 5.75 Å². The number of nitrogens with one attached hydrogen (secondary N) is 1. The average Bonchev–Trinajstić information content (AvgIpc) is 2.79. The molecule has 0 bridgehead atoms. The molecular formula is C15H19NOS. The zero-order valence-corrected chi connectivity index (χ0v) is 11.9. The first-order valence-corrected chi connectivity index (χ1v) is 7.03. The highest BCUT2D eigenvalue weighted by molar-refractivity contribution is 7.12. The molecular weight excluding hydrogens is 242 g/mol. The van der Waals surface area contributed by atoms with Crippen molar-refractivity contribution in [2.45, 2.75) is 19.9 Å². The van der Waals surface area contributed by atoms with Crippen molar-refractivity contribution in [3.8, 4) is 5.75 Å². The quantitative estimate of drug-likeness (QED) is 0.884. The number of rotatable bonds is 5. The van der Waals surface area contributed by atoms with E-state index in [2.05, 4.69) is 36.5 Å². The summed E-state index contributed by atoms with van der Waals surface area (Å²) in [4.78, 5) is 2.65. The summed E-state index contributed by atoms with van der Waals surface area (Å²) in [6.45, 7) is 4.84. The maximum absolute atomic E-state index is 5.71. The van der Waals surface area contributed by atoms with Crippen molar-refractivity contribution in [3.05, 3.63) is 51.7 Å². The van der Waals surface area contributed by atoms with Gasteiger partial charge in [-0.25, -0.2) is 0 Å². The summed E-state index contributed by atoms with van der Waals surface area (Å²) in [5, 5.41) is 3.38. The molecule has 0 fully saturated rings. The molecule has 0 saturated heterocycles. The summed E-state index contributed by atoms with van der Waals surface area (Å²) in [6, 6.07) is 12.8. The van der Waals surface area contributed by atoms with E-state index < -0.39 is 0 Å². The Kier molecular flexibility index (Phi) is 4.39. The van der Waals surface area contributed by atoms with Crippen molar-refractivity contribution in [2.75, 3.05) is 13.7 Å². The van der Waals surface area contributed by atoms with Crippen LogP contribution in [0.5, 0.6) is 5.75 Å². The van der Waals surface area contributed by atoms with Gasteiger partial charge in [0, 0.05) is 15.3 Å². The highest BCUT2D eigenvalue weighted by Crippen LogP contribution is 2.33. The van der Waals surface area contributed by atoms with Crippen LogP contribution in [0.2, 0.25) is 0 Å². The van der Waals surface area contributed by atoms with Gasteiger partial charge in [-0.05, 0) is 39.1 Å². The fourth-order valence-electron chi connectivity index (χ4n) is 2.07. The van der Waals surface area contributed by atoms with Gasteiger partial charge < -0.3 is 10.1 Å². The molecule has 1 unspecified atom stereocenters. The van der Waals surface area contributed by atoms with Crippen molar-refractivity contribution >= 4 is 11.3 Å². The minimum absolute atomic E-state index is 0.200. The van der Waals surface area contributed by atoms with E-state index in [1.807, 2.05) is 37.4 Å².